The summed E-state index contributed by atoms with van der Waals surface area (Å²) in [4.78, 5) is 34.5. The van der Waals surface area contributed by atoms with Crippen LogP contribution < -0.4 is 4.90 Å². The standard InChI is InChI=1S/C33H43N7O/c1-7-9-31(41)40(30-20-34-28(19-36-30)24-17-37-39(6)21-24)25-14-12-23(13-15-25)16-29-35-18-27(33(3,4)5)32(38-29)26-11-8-10-22(26)2/h10-11,17-21,23,25H,7-9,12-16H2,1-6H3. The predicted molar refractivity (Wildman–Crippen MR) is 163 cm³/mol. The zero-order chi connectivity index (χ0) is 29.1. The second-order valence-electron chi connectivity index (χ2n) is 12.6. The fourth-order valence-electron chi connectivity index (χ4n) is 6.05. The Balaban J connectivity index is 1.29. The molecule has 0 saturated heterocycles. The van der Waals surface area contributed by atoms with E-state index in [0.29, 0.717) is 18.2 Å². The first-order valence-electron chi connectivity index (χ1n) is 15.0. The van der Waals surface area contributed by atoms with E-state index in [2.05, 4.69) is 61.1 Å². The van der Waals surface area contributed by atoms with E-state index in [0.717, 1.165) is 67.7 Å². The van der Waals surface area contributed by atoms with Crippen LogP contribution in [-0.4, -0.2) is 41.7 Å². The molecule has 2 aliphatic carbocycles. The molecule has 0 aromatic carbocycles. The van der Waals surface area contributed by atoms with Gasteiger partial charge in [0, 0.05) is 49.5 Å². The highest BCUT2D eigenvalue weighted by Crippen LogP contribution is 2.36. The third-order valence-electron chi connectivity index (χ3n) is 8.34. The van der Waals surface area contributed by atoms with E-state index in [1.54, 1.807) is 23.3 Å². The molecule has 1 amide bonds. The molecule has 0 aliphatic heterocycles. The molecular formula is C33H43N7O. The maximum atomic E-state index is 13.3. The molecule has 8 heteroatoms. The summed E-state index contributed by atoms with van der Waals surface area (Å²) in [6.45, 7) is 10.9. The van der Waals surface area contributed by atoms with Crippen molar-refractivity contribution < 1.29 is 4.79 Å². The molecule has 216 valence electrons. The van der Waals surface area contributed by atoms with Gasteiger partial charge in [0.2, 0.25) is 5.91 Å². The van der Waals surface area contributed by atoms with Gasteiger partial charge >= 0.3 is 0 Å². The smallest absolute Gasteiger partial charge is 0.228 e. The molecule has 1 saturated carbocycles. The summed E-state index contributed by atoms with van der Waals surface area (Å²) < 4.78 is 1.75. The van der Waals surface area contributed by atoms with Crippen LogP contribution in [0, 0.1) is 5.92 Å². The Morgan fingerprint density at radius 2 is 1.80 bits per heavy atom. The summed E-state index contributed by atoms with van der Waals surface area (Å²) in [5, 5.41) is 4.23. The van der Waals surface area contributed by atoms with E-state index in [1.165, 1.54) is 16.7 Å². The largest absolute Gasteiger partial charge is 0.292 e. The lowest BCUT2D eigenvalue weighted by Crippen LogP contribution is -2.43. The molecule has 0 N–H and O–H groups in total. The maximum absolute atomic E-state index is 13.3. The van der Waals surface area contributed by atoms with Crippen LogP contribution in [0.5, 0.6) is 0 Å². The Labute approximate surface area is 244 Å². The fraction of sp³-hybridized carbons (Fsp3) is 0.515. The van der Waals surface area contributed by atoms with Crippen molar-refractivity contribution in [3.63, 3.8) is 0 Å². The van der Waals surface area contributed by atoms with E-state index in [-0.39, 0.29) is 17.4 Å². The van der Waals surface area contributed by atoms with Crippen molar-refractivity contribution in [3.8, 4) is 11.3 Å². The minimum atomic E-state index is -0.0246. The number of nitrogens with zero attached hydrogens (tertiary/aromatic N) is 7. The highest BCUT2D eigenvalue weighted by molar-refractivity contribution is 5.93. The number of aryl methyl sites for hydroxylation is 1. The van der Waals surface area contributed by atoms with Crippen LogP contribution in [-0.2, 0) is 23.7 Å². The van der Waals surface area contributed by atoms with E-state index in [4.69, 9.17) is 9.97 Å². The van der Waals surface area contributed by atoms with Crippen molar-refractivity contribution in [2.24, 2.45) is 13.0 Å². The first-order valence-corrected chi connectivity index (χ1v) is 15.0. The van der Waals surface area contributed by atoms with Crippen LogP contribution in [0.4, 0.5) is 5.82 Å². The second kappa shape index (κ2) is 12.0. The topological polar surface area (TPSA) is 89.7 Å². The number of hydrogen-bond donors (Lipinski definition) is 0. The number of hydrogen-bond acceptors (Lipinski definition) is 6. The average molecular weight is 554 g/mol. The number of anilines is 1. The molecule has 0 bridgehead atoms. The molecule has 0 radical (unpaired) electrons. The van der Waals surface area contributed by atoms with Gasteiger partial charge in [-0.25, -0.2) is 15.0 Å². The number of amides is 1. The van der Waals surface area contributed by atoms with Crippen LogP contribution >= 0.6 is 0 Å². The molecule has 3 aromatic rings. The van der Waals surface area contributed by atoms with Crippen molar-refractivity contribution in [3.05, 3.63) is 65.8 Å². The lowest BCUT2D eigenvalue weighted by atomic mass is 9.82. The Hall–Kier alpha value is -3.68. The van der Waals surface area contributed by atoms with Crippen LogP contribution in [0.3, 0.4) is 0 Å². The van der Waals surface area contributed by atoms with Gasteiger partial charge in [-0.15, -0.1) is 0 Å². The Bertz CT molecular complexity index is 1440. The van der Waals surface area contributed by atoms with Crippen LogP contribution in [0.1, 0.15) is 96.6 Å². The molecule has 3 aromatic heterocycles. The lowest BCUT2D eigenvalue weighted by molar-refractivity contribution is -0.119. The summed E-state index contributed by atoms with van der Waals surface area (Å²) in [6.07, 6.45) is 20.9. The van der Waals surface area contributed by atoms with Gasteiger partial charge in [0.25, 0.3) is 0 Å². The molecule has 5 rings (SSSR count). The molecule has 41 heavy (non-hydrogen) atoms. The van der Waals surface area contributed by atoms with E-state index in [1.807, 2.05) is 25.1 Å². The van der Waals surface area contributed by atoms with Gasteiger partial charge in [-0.3, -0.25) is 19.4 Å². The number of carbonyl (C=O) groups excluding carboxylic acids is 1. The van der Waals surface area contributed by atoms with Gasteiger partial charge in [-0.2, -0.15) is 5.10 Å². The molecule has 1 fully saturated rings. The third-order valence-corrected chi connectivity index (χ3v) is 8.34. The molecule has 0 atom stereocenters. The normalized spacial score (nSPS) is 19.2. The monoisotopic (exact) mass is 553 g/mol. The number of allylic oxidation sites excluding steroid dienone is 4. The first kappa shape index (κ1) is 28.8. The molecule has 2 aliphatic rings. The van der Waals surface area contributed by atoms with Crippen molar-refractivity contribution in [2.75, 3.05) is 4.90 Å². The molecular weight excluding hydrogens is 510 g/mol. The zero-order valence-corrected chi connectivity index (χ0v) is 25.4. The van der Waals surface area contributed by atoms with Gasteiger partial charge in [-0.05, 0) is 67.9 Å². The highest BCUT2D eigenvalue weighted by Gasteiger charge is 2.31. The maximum Gasteiger partial charge on any atom is 0.228 e. The number of aromatic nitrogens is 6. The summed E-state index contributed by atoms with van der Waals surface area (Å²) in [6, 6.07) is 0.125. The van der Waals surface area contributed by atoms with Crippen LogP contribution in [0.25, 0.3) is 16.8 Å². The summed E-state index contributed by atoms with van der Waals surface area (Å²) >= 11 is 0. The summed E-state index contributed by atoms with van der Waals surface area (Å²) in [5.74, 6) is 2.18. The number of carbonyl (C=O) groups is 1. The predicted octanol–water partition coefficient (Wildman–Crippen LogP) is 6.63. The molecule has 3 heterocycles. The first-order chi connectivity index (χ1) is 19.6. The summed E-state index contributed by atoms with van der Waals surface area (Å²) in [7, 11) is 1.88. The quantitative estimate of drug-likeness (QED) is 0.311. The SMILES string of the molecule is CCCC(=O)N(c1cnc(-c2cnn(C)c2)cn1)C1CCC(Cc2ncc(C(C)(C)C)c(C3=CCC=C3C)n2)CC1. The lowest BCUT2D eigenvalue weighted by Gasteiger charge is -2.36. The van der Waals surface area contributed by atoms with Gasteiger partial charge in [0.1, 0.15) is 5.82 Å². The Morgan fingerprint density at radius 3 is 2.39 bits per heavy atom. The highest BCUT2D eigenvalue weighted by atomic mass is 16.2. The van der Waals surface area contributed by atoms with Crippen molar-refractivity contribution in [1.82, 2.24) is 29.7 Å². The van der Waals surface area contributed by atoms with Gasteiger partial charge < -0.3 is 0 Å². The van der Waals surface area contributed by atoms with Crippen LogP contribution in [0.2, 0.25) is 0 Å². The van der Waals surface area contributed by atoms with Crippen LogP contribution in [0.15, 0.2) is 48.7 Å². The third kappa shape index (κ3) is 6.47. The number of rotatable bonds is 8. The van der Waals surface area contributed by atoms with E-state index >= 15 is 0 Å². The van der Waals surface area contributed by atoms with Crippen molar-refractivity contribution >= 4 is 17.3 Å². The Morgan fingerprint density at radius 1 is 1.02 bits per heavy atom. The van der Waals surface area contributed by atoms with Gasteiger partial charge in [-0.1, -0.05) is 39.8 Å². The minimum absolute atomic E-state index is 0.0246. The minimum Gasteiger partial charge on any atom is -0.292 e. The fourth-order valence-corrected chi connectivity index (χ4v) is 6.05. The van der Waals surface area contributed by atoms with E-state index < -0.39 is 0 Å². The average Bonchev–Trinajstić information content (AvgIpc) is 3.57. The van der Waals surface area contributed by atoms with Crippen molar-refractivity contribution in [2.45, 2.75) is 97.4 Å². The molecule has 8 nitrogen and oxygen atoms in total. The second-order valence-corrected chi connectivity index (χ2v) is 12.6. The van der Waals surface area contributed by atoms with Gasteiger partial charge in [0.05, 0.1) is 30.0 Å². The van der Waals surface area contributed by atoms with E-state index in [9.17, 15) is 4.79 Å². The summed E-state index contributed by atoms with van der Waals surface area (Å²) in [5.41, 5.74) is 6.48. The zero-order valence-electron chi connectivity index (χ0n) is 25.4. The Kier molecular flexibility index (Phi) is 8.47. The van der Waals surface area contributed by atoms with Crippen molar-refractivity contribution in [1.29, 1.82) is 0 Å². The van der Waals surface area contributed by atoms with Gasteiger partial charge in [0.15, 0.2) is 5.82 Å². The molecule has 0 unspecified atom stereocenters. The molecule has 0 spiro atoms.